The minimum absolute atomic E-state index is 0.151. The first-order valence-corrected chi connectivity index (χ1v) is 8.76. The third-order valence-corrected chi connectivity index (χ3v) is 4.63. The minimum atomic E-state index is -0.226. The molecule has 2 rings (SSSR count). The Morgan fingerprint density at radius 2 is 1.87 bits per heavy atom. The first kappa shape index (κ1) is 17.6. The second-order valence-electron chi connectivity index (χ2n) is 4.88. The van der Waals surface area contributed by atoms with Crippen LogP contribution in [0.5, 0.6) is 0 Å². The first-order valence-electron chi connectivity index (χ1n) is 6.81. The van der Waals surface area contributed by atoms with Crippen LogP contribution in [0.2, 0.25) is 0 Å². The van der Waals surface area contributed by atoms with Gasteiger partial charge in [-0.25, -0.2) is 0 Å². The molecule has 0 atom stereocenters. The molecule has 0 bridgehead atoms. The molecule has 2 amide bonds. The summed E-state index contributed by atoms with van der Waals surface area (Å²) >= 11 is 4.64. The summed E-state index contributed by atoms with van der Waals surface area (Å²) in [5, 5.41) is 9.07. The number of nitrogens with one attached hydrogen (secondary N) is 2. The zero-order chi connectivity index (χ0) is 16.8. The van der Waals surface area contributed by atoms with Crippen molar-refractivity contribution in [3.8, 4) is 0 Å². The van der Waals surface area contributed by atoms with Gasteiger partial charge in [-0.15, -0.1) is 11.8 Å². The van der Waals surface area contributed by atoms with E-state index in [0.717, 1.165) is 15.7 Å². The lowest BCUT2D eigenvalue weighted by atomic mass is 10.2. The lowest BCUT2D eigenvalue weighted by Gasteiger charge is -2.07. The fourth-order valence-electron chi connectivity index (χ4n) is 1.76. The molecule has 122 valence electrons. The monoisotopic (exact) mass is 397 g/mol. The number of amides is 2. The summed E-state index contributed by atoms with van der Waals surface area (Å²) in [4.78, 5) is 23.5. The number of carbonyl (C=O) groups excluding carboxylic acids is 2. The van der Waals surface area contributed by atoms with Gasteiger partial charge in [-0.3, -0.25) is 9.59 Å². The van der Waals surface area contributed by atoms with Crippen LogP contribution in [0.4, 0.5) is 11.5 Å². The van der Waals surface area contributed by atoms with Crippen molar-refractivity contribution in [3.05, 3.63) is 40.1 Å². The van der Waals surface area contributed by atoms with Crippen molar-refractivity contribution in [3.63, 3.8) is 0 Å². The maximum atomic E-state index is 11.8. The van der Waals surface area contributed by atoms with Crippen LogP contribution in [0.1, 0.15) is 11.3 Å². The molecule has 0 fully saturated rings. The molecule has 1 aromatic heterocycles. The molecule has 0 saturated carbocycles. The van der Waals surface area contributed by atoms with Crippen molar-refractivity contribution in [2.24, 2.45) is 0 Å². The standard InChI is InChI=1S/C15H16BrN3O3S/c1-9-5-11(3-4-12(9)16)17-14(20)7-23-8-15(21)18-13-6-10(2)22-19-13/h3-6H,7-8H2,1-2H3,(H,17,20)(H,18,19,21). The van der Waals surface area contributed by atoms with Crippen LogP contribution < -0.4 is 10.6 Å². The third-order valence-electron chi connectivity index (χ3n) is 2.80. The van der Waals surface area contributed by atoms with E-state index in [-0.39, 0.29) is 23.3 Å². The van der Waals surface area contributed by atoms with E-state index >= 15 is 0 Å². The molecule has 1 heterocycles. The molecule has 2 aromatic rings. The topological polar surface area (TPSA) is 84.2 Å². The Hall–Kier alpha value is -1.80. The van der Waals surface area contributed by atoms with Gasteiger partial charge in [0, 0.05) is 16.2 Å². The lowest BCUT2D eigenvalue weighted by Crippen LogP contribution is -2.18. The third kappa shape index (κ3) is 5.72. The molecule has 0 aliphatic carbocycles. The summed E-state index contributed by atoms with van der Waals surface area (Å²) in [5.41, 5.74) is 1.77. The Morgan fingerprint density at radius 1 is 1.17 bits per heavy atom. The number of benzene rings is 1. The molecule has 0 radical (unpaired) electrons. The van der Waals surface area contributed by atoms with Crippen LogP contribution in [0.15, 0.2) is 33.3 Å². The number of halogens is 1. The zero-order valence-electron chi connectivity index (χ0n) is 12.7. The van der Waals surface area contributed by atoms with E-state index in [1.54, 1.807) is 13.0 Å². The fourth-order valence-corrected chi connectivity index (χ4v) is 2.62. The fraction of sp³-hybridized carbons (Fsp3) is 0.267. The van der Waals surface area contributed by atoms with Gasteiger partial charge < -0.3 is 15.2 Å². The maximum Gasteiger partial charge on any atom is 0.235 e. The van der Waals surface area contributed by atoms with Gasteiger partial charge in [-0.2, -0.15) is 0 Å². The number of thioether (sulfide) groups is 1. The number of nitrogens with zero attached hydrogens (tertiary/aromatic N) is 1. The Labute approximate surface area is 146 Å². The van der Waals surface area contributed by atoms with Crippen LogP contribution in [0.25, 0.3) is 0 Å². The summed E-state index contributed by atoms with van der Waals surface area (Å²) in [6, 6.07) is 7.21. The van der Waals surface area contributed by atoms with E-state index in [1.807, 2.05) is 25.1 Å². The van der Waals surface area contributed by atoms with Crippen molar-refractivity contribution in [1.82, 2.24) is 5.16 Å². The molecular weight excluding hydrogens is 382 g/mol. The summed E-state index contributed by atoms with van der Waals surface area (Å²) in [6.45, 7) is 3.69. The quantitative estimate of drug-likeness (QED) is 0.780. The van der Waals surface area contributed by atoms with Crippen molar-refractivity contribution in [2.45, 2.75) is 13.8 Å². The number of aromatic nitrogens is 1. The van der Waals surface area contributed by atoms with Crippen LogP contribution in [0.3, 0.4) is 0 Å². The van der Waals surface area contributed by atoms with Gasteiger partial charge in [0.15, 0.2) is 5.82 Å². The van der Waals surface area contributed by atoms with Gasteiger partial charge in [-0.05, 0) is 37.6 Å². The molecule has 6 nitrogen and oxygen atoms in total. The number of rotatable bonds is 6. The highest BCUT2D eigenvalue weighted by atomic mass is 79.9. The molecule has 0 spiro atoms. The van der Waals surface area contributed by atoms with Gasteiger partial charge in [0.2, 0.25) is 11.8 Å². The van der Waals surface area contributed by atoms with E-state index in [2.05, 4.69) is 31.7 Å². The van der Waals surface area contributed by atoms with E-state index in [4.69, 9.17) is 4.52 Å². The Balaban J connectivity index is 1.71. The van der Waals surface area contributed by atoms with Gasteiger partial charge in [0.05, 0.1) is 11.5 Å². The average Bonchev–Trinajstić information content (AvgIpc) is 2.88. The highest BCUT2D eigenvalue weighted by Crippen LogP contribution is 2.20. The van der Waals surface area contributed by atoms with Crippen LogP contribution in [-0.4, -0.2) is 28.5 Å². The molecule has 0 aliphatic rings. The van der Waals surface area contributed by atoms with Gasteiger partial charge in [-0.1, -0.05) is 21.1 Å². The maximum absolute atomic E-state index is 11.8. The van der Waals surface area contributed by atoms with Gasteiger partial charge in [0.1, 0.15) is 5.76 Å². The normalized spacial score (nSPS) is 10.4. The second kappa shape index (κ2) is 8.16. The van der Waals surface area contributed by atoms with E-state index in [0.29, 0.717) is 11.6 Å². The molecule has 8 heteroatoms. The van der Waals surface area contributed by atoms with E-state index in [1.165, 1.54) is 11.8 Å². The van der Waals surface area contributed by atoms with Gasteiger partial charge >= 0.3 is 0 Å². The van der Waals surface area contributed by atoms with E-state index in [9.17, 15) is 9.59 Å². The smallest absolute Gasteiger partial charge is 0.235 e. The SMILES string of the molecule is Cc1cc(NC(=O)CSCC(=O)Nc2ccc(Br)c(C)c2)no1. The summed E-state index contributed by atoms with van der Waals surface area (Å²) in [5.74, 6) is 0.983. The second-order valence-corrected chi connectivity index (χ2v) is 6.72. The molecule has 0 aliphatic heterocycles. The highest BCUT2D eigenvalue weighted by Gasteiger charge is 2.09. The van der Waals surface area contributed by atoms with Crippen LogP contribution in [-0.2, 0) is 9.59 Å². The lowest BCUT2D eigenvalue weighted by molar-refractivity contribution is -0.114. The first-order chi connectivity index (χ1) is 10.9. The van der Waals surface area contributed by atoms with Crippen molar-refractivity contribution in [1.29, 1.82) is 0 Å². The molecule has 1 aromatic carbocycles. The summed E-state index contributed by atoms with van der Waals surface area (Å²) in [7, 11) is 0. The van der Waals surface area contributed by atoms with Gasteiger partial charge in [0.25, 0.3) is 0 Å². The number of carbonyl (C=O) groups is 2. The predicted octanol–water partition coefficient (Wildman–Crippen LogP) is 3.36. The molecular formula is C15H16BrN3O3S. The Morgan fingerprint density at radius 3 is 2.48 bits per heavy atom. The molecule has 0 saturated heterocycles. The highest BCUT2D eigenvalue weighted by molar-refractivity contribution is 9.10. The largest absolute Gasteiger partial charge is 0.360 e. The van der Waals surface area contributed by atoms with Crippen molar-refractivity contribution < 1.29 is 14.1 Å². The predicted molar refractivity (Wildman–Crippen MR) is 94.7 cm³/mol. The average molecular weight is 398 g/mol. The number of aryl methyl sites for hydroxylation is 2. The van der Waals surface area contributed by atoms with Crippen molar-refractivity contribution in [2.75, 3.05) is 22.1 Å². The van der Waals surface area contributed by atoms with E-state index < -0.39 is 0 Å². The summed E-state index contributed by atoms with van der Waals surface area (Å²) < 4.78 is 5.84. The number of hydrogen-bond donors (Lipinski definition) is 2. The zero-order valence-corrected chi connectivity index (χ0v) is 15.1. The Bertz CT molecular complexity index is 718. The van der Waals surface area contributed by atoms with Crippen LogP contribution in [0, 0.1) is 13.8 Å². The molecule has 23 heavy (non-hydrogen) atoms. The Kier molecular flexibility index (Phi) is 6.23. The number of anilines is 2. The minimum Gasteiger partial charge on any atom is -0.360 e. The molecule has 0 unspecified atom stereocenters. The summed E-state index contributed by atoms with van der Waals surface area (Å²) in [6.07, 6.45) is 0. The molecule has 2 N–H and O–H groups in total. The van der Waals surface area contributed by atoms with Crippen LogP contribution >= 0.6 is 27.7 Å². The number of hydrogen-bond acceptors (Lipinski definition) is 5. The van der Waals surface area contributed by atoms with Crippen molar-refractivity contribution >= 4 is 51.0 Å².